The summed E-state index contributed by atoms with van der Waals surface area (Å²) in [5, 5.41) is 15.8. The van der Waals surface area contributed by atoms with E-state index in [1.807, 2.05) is 0 Å². The SMILES string of the molecule is CCOC(=O)c1nn(-c2ccc(OC)cc2)c2c1CCN(c1ccc(NC(=O)CCC(=O)O)cc1)C2=O. The molecule has 2 amide bonds. The zero-order chi connectivity index (χ0) is 26.5. The van der Waals surface area contributed by atoms with Gasteiger partial charge in [0.1, 0.15) is 11.4 Å². The van der Waals surface area contributed by atoms with E-state index in [1.165, 1.54) is 4.68 Å². The number of fused-ring (bicyclic) bond motifs is 1. The van der Waals surface area contributed by atoms with Crippen molar-refractivity contribution in [1.82, 2.24) is 9.78 Å². The van der Waals surface area contributed by atoms with Gasteiger partial charge in [0.05, 0.1) is 25.8 Å². The molecule has 2 aromatic carbocycles. The molecule has 2 N–H and O–H groups in total. The van der Waals surface area contributed by atoms with E-state index in [0.29, 0.717) is 41.3 Å². The number of carbonyl (C=O) groups excluding carboxylic acids is 3. The quantitative estimate of drug-likeness (QED) is 0.422. The number of esters is 1. The zero-order valence-electron chi connectivity index (χ0n) is 20.4. The molecule has 0 radical (unpaired) electrons. The molecule has 1 aliphatic heterocycles. The Balaban J connectivity index is 1.63. The standard InChI is InChI=1S/C26H26N4O7/c1-3-37-26(35)23-20-14-15-29(17-6-4-16(5-7-17)27-21(31)12-13-22(32)33)25(34)24(20)30(28-23)18-8-10-19(36-2)11-9-18/h4-11H,3,12-15H2,1-2H3,(H,27,31)(H,32,33). The second-order valence-electron chi connectivity index (χ2n) is 8.20. The summed E-state index contributed by atoms with van der Waals surface area (Å²) in [5.74, 6) is -1.75. The lowest BCUT2D eigenvalue weighted by molar-refractivity contribution is -0.138. The van der Waals surface area contributed by atoms with Gasteiger partial charge in [-0.15, -0.1) is 0 Å². The molecule has 1 aromatic heterocycles. The summed E-state index contributed by atoms with van der Waals surface area (Å²) in [6.07, 6.45) is -0.00807. The summed E-state index contributed by atoms with van der Waals surface area (Å²) >= 11 is 0. The van der Waals surface area contributed by atoms with Gasteiger partial charge in [-0.25, -0.2) is 9.48 Å². The van der Waals surface area contributed by atoms with E-state index in [1.54, 1.807) is 67.5 Å². The number of amides is 2. The fourth-order valence-electron chi connectivity index (χ4n) is 4.05. The summed E-state index contributed by atoms with van der Waals surface area (Å²) in [6.45, 7) is 2.20. The first-order valence-corrected chi connectivity index (χ1v) is 11.7. The highest BCUT2D eigenvalue weighted by Gasteiger charge is 2.35. The van der Waals surface area contributed by atoms with Gasteiger partial charge in [0.15, 0.2) is 5.69 Å². The van der Waals surface area contributed by atoms with E-state index in [9.17, 15) is 19.2 Å². The van der Waals surface area contributed by atoms with Crippen molar-refractivity contribution in [2.45, 2.75) is 26.2 Å². The lowest BCUT2D eigenvalue weighted by Gasteiger charge is -2.28. The molecule has 0 atom stereocenters. The first-order chi connectivity index (χ1) is 17.8. The Morgan fingerprint density at radius 2 is 1.70 bits per heavy atom. The van der Waals surface area contributed by atoms with Crippen molar-refractivity contribution >= 4 is 35.1 Å². The lowest BCUT2D eigenvalue weighted by atomic mass is 10.0. The molecule has 0 unspecified atom stereocenters. The van der Waals surface area contributed by atoms with Crippen LogP contribution in [0.25, 0.3) is 5.69 Å². The molecule has 11 heteroatoms. The third-order valence-corrected chi connectivity index (χ3v) is 5.83. The highest BCUT2D eigenvalue weighted by Crippen LogP contribution is 2.30. The maximum atomic E-state index is 13.7. The Hall–Kier alpha value is -4.67. The summed E-state index contributed by atoms with van der Waals surface area (Å²) in [7, 11) is 1.55. The molecule has 0 spiro atoms. The van der Waals surface area contributed by atoms with Crippen LogP contribution in [-0.4, -0.2) is 58.9 Å². The number of aliphatic carboxylic acids is 1. The Labute approximate surface area is 212 Å². The number of rotatable bonds is 9. The number of methoxy groups -OCH3 is 1. The van der Waals surface area contributed by atoms with Crippen molar-refractivity contribution in [2.24, 2.45) is 0 Å². The minimum Gasteiger partial charge on any atom is -0.497 e. The highest BCUT2D eigenvalue weighted by molar-refractivity contribution is 6.09. The zero-order valence-corrected chi connectivity index (χ0v) is 20.4. The van der Waals surface area contributed by atoms with Gasteiger partial charge in [0.25, 0.3) is 5.91 Å². The Morgan fingerprint density at radius 3 is 2.32 bits per heavy atom. The Bertz CT molecular complexity index is 1330. The number of aromatic nitrogens is 2. The molecule has 0 saturated heterocycles. The topological polar surface area (TPSA) is 140 Å². The first-order valence-electron chi connectivity index (χ1n) is 11.7. The number of anilines is 2. The van der Waals surface area contributed by atoms with Crippen molar-refractivity contribution in [3.05, 3.63) is 65.5 Å². The molecule has 4 rings (SSSR count). The van der Waals surface area contributed by atoms with Gasteiger partial charge in [-0.2, -0.15) is 5.10 Å². The van der Waals surface area contributed by atoms with Gasteiger partial charge in [0.2, 0.25) is 5.91 Å². The monoisotopic (exact) mass is 506 g/mol. The lowest BCUT2D eigenvalue weighted by Crippen LogP contribution is -2.39. The summed E-state index contributed by atoms with van der Waals surface area (Å²) in [4.78, 5) is 50.5. The van der Waals surface area contributed by atoms with Gasteiger partial charge in [-0.1, -0.05) is 0 Å². The molecule has 0 bridgehead atoms. The number of carboxylic acid groups (broad SMARTS) is 1. The summed E-state index contributed by atoms with van der Waals surface area (Å²) in [5.41, 5.74) is 2.57. The number of carboxylic acids is 1. The average molecular weight is 507 g/mol. The molecule has 2 heterocycles. The van der Waals surface area contributed by atoms with E-state index >= 15 is 0 Å². The molecular weight excluding hydrogens is 480 g/mol. The molecule has 1 aliphatic rings. The van der Waals surface area contributed by atoms with Crippen LogP contribution in [0.3, 0.4) is 0 Å². The van der Waals surface area contributed by atoms with Crippen molar-refractivity contribution in [3.8, 4) is 11.4 Å². The molecule has 11 nitrogen and oxygen atoms in total. The van der Waals surface area contributed by atoms with Crippen LogP contribution in [0, 0.1) is 0 Å². The molecule has 0 saturated carbocycles. The predicted octanol–water partition coefficient (Wildman–Crippen LogP) is 3.06. The molecular formula is C26H26N4O7. The number of carbonyl (C=O) groups is 4. The van der Waals surface area contributed by atoms with E-state index in [-0.39, 0.29) is 36.7 Å². The Kier molecular flexibility index (Phi) is 7.52. The van der Waals surface area contributed by atoms with E-state index in [4.69, 9.17) is 14.6 Å². The van der Waals surface area contributed by atoms with E-state index < -0.39 is 17.8 Å². The first kappa shape index (κ1) is 25.4. The van der Waals surface area contributed by atoms with E-state index in [0.717, 1.165) is 0 Å². The summed E-state index contributed by atoms with van der Waals surface area (Å²) in [6, 6.07) is 13.6. The number of nitrogens with zero attached hydrogens (tertiary/aromatic N) is 3. The van der Waals surface area contributed by atoms with Crippen LogP contribution in [0.4, 0.5) is 11.4 Å². The van der Waals surface area contributed by atoms with Crippen LogP contribution < -0.4 is 15.0 Å². The molecule has 37 heavy (non-hydrogen) atoms. The molecule has 192 valence electrons. The number of hydrogen-bond acceptors (Lipinski definition) is 7. The molecule has 0 fully saturated rings. The number of hydrogen-bond donors (Lipinski definition) is 2. The van der Waals surface area contributed by atoms with Crippen LogP contribution in [0.5, 0.6) is 5.75 Å². The van der Waals surface area contributed by atoms with Gasteiger partial charge < -0.3 is 24.8 Å². The predicted molar refractivity (Wildman–Crippen MR) is 133 cm³/mol. The summed E-state index contributed by atoms with van der Waals surface area (Å²) < 4.78 is 11.8. The molecule has 0 aliphatic carbocycles. The van der Waals surface area contributed by atoms with Gasteiger partial charge in [0, 0.05) is 29.9 Å². The minimum absolute atomic E-state index is 0.111. The van der Waals surface area contributed by atoms with Crippen molar-refractivity contribution < 1.29 is 33.8 Å². The second-order valence-corrected chi connectivity index (χ2v) is 8.20. The second kappa shape index (κ2) is 10.9. The maximum absolute atomic E-state index is 13.7. The van der Waals surface area contributed by atoms with Crippen molar-refractivity contribution in [2.75, 3.05) is 30.5 Å². The van der Waals surface area contributed by atoms with Gasteiger partial charge in [-0.05, 0) is 61.9 Å². The Morgan fingerprint density at radius 1 is 1.03 bits per heavy atom. The highest BCUT2D eigenvalue weighted by atomic mass is 16.5. The normalized spacial score (nSPS) is 12.6. The fraction of sp³-hybridized carbons (Fsp3) is 0.269. The fourth-order valence-corrected chi connectivity index (χ4v) is 4.05. The van der Waals surface area contributed by atoms with Crippen LogP contribution in [0.15, 0.2) is 48.5 Å². The van der Waals surface area contributed by atoms with Gasteiger partial charge in [-0.3, -0.25) is 14.4 Å². The van der Waals surface area contributed by atoms with Crippen LogP contribution in [0.2, 0.25) is 0 Å². The largest absolute Gasteiger partial charge is 0.497 e. The maximum Gasteiger partial charge on any atom is 0.359 e. The van der Waals surface area contributed by atoms with Gasteiger partial charge >= 0.3 is 11.9 Å². The number of ether oxygens (including phenoxy) is 2. The average Bonchev–Trinajstić information content (AvgIpc) is 3.29. The van der Waals surface area contributed by atoms with Crippen molar-refractivity contribution in [3.63, 3.8) is 0 Å². The number of benzene rings is 2. The van der Waals surface area contributed by atoms with E-state index in [2.05, 4.69) is 10.4 Å². The van der Waals surface area contributed by atoms with Crippen molar-refractivity contribution in [1.29, 1.82) is 0 Å². The third kappa shape index (κ3) is 5.45. The van der Waals surface area contributed by atoms with Crippen LogP contribution >= 0.6 is 0 Å². The van der Waals surface area contributed by atoms with Crippen LogP contribution in [-0.2, 0) is 20.7 Å². The third-order valence-electron chi connectivity index (χ3n) is 5.83. The number of nitrogens with one attached hydrogen (secondary N) is 1. The smallest absolute Gasteiger partial charge is 0.359 e. The molecule has 3 aromatic rings. The minimum atomic E-state index is -1.05. The van der Waals surface area contributed by atoms with Crippen LogP contribution in [0.1, 0.15) is 46.3 Å².